The number of para-hydroxylation sites is 1. The van der Waals surface area contributed by atoms with Gasteiger partial charge < -0.3 is 15.5 Å². The van der Waals surface area contributed by atoms with E-state index in [9.17, 15) is 9.90 Å². The van der Waals surface area contributed by atoms with E-state index in [1.807, 2.05) is 32.0 Å². The van der Waals surface area contributed by atoms with Crippen molar-refractivity contribution in [2.45, 2.75) is 19.9 Å². The van der Waals surface area contributed by atoms with Crippen LogP contribution in [0.4, 0.5) is 5.69 Å². The summed E-state index contributed by atoms with van der Waals surface area (Å²) < 4.78 is 0. The Hall–Kier alpha value is -2.14. The van der Waals surface area contributed by atoms with Crippen molar-refractivity contribution in [1.29, 1.82) is 0 Å². The van der Waals surface area contributed by atoms with Gasteiger partial charge in [0.15, 0.2) is 5.69 Å². The maximum atomic E-state index is 11.1. The molecule has 0 fully saturated rings. The molecule has 3 N–H and O–H groups in total. The van der Waals surface area contributed by atoms with Crippen molar-refractivity contribution in [3.8, 4) is 0 Å². The fourth-order valence-electron chi connectivity index (χ4n) is 2.03. The van der Waals surface area contributed by atoms with Crippen molar-refractivity contribution < 1.29 is 15.0 Å². The zero-order valence-electron chi connectivity index (χ0n) is 11.5. The van der Waals surface area contributed by atoms with E-state index in [0.29, 0.717) is 11.2 Å². The van der Waals surface area contributed by atoms with E-state index < -0.39 is 5.97 Å². The second-order valence-corrected chi connectivity index (χ2v) is 5.05. The van der Waals surface area contributed by atoms with E-state index in [1.54, 1.807) is 6.07 Å². The second kappa shape index (κ2) is 5.88. The fraction of sp³-hybridized carbons (Fsp3) is 0.333. The number of aliphatic hydroxyl groups excluding tert-OH is 1. The number of hydrogen-bond acceptors (Lipinski definition) is 4. The van der Waals surface area contributed by atoms with E-state index in [-0.39, 0.29) is 24.3 Å². The van der Waals surface area contributed by atoms with Crippen LogP contribution in [0.3, 0.4) is 0 Å². The summed E-state index contributed by atoms with van der Waals surface area (Å²) >= 11 is 0. The molecule has 20 heavy (non-hydrogen) atoms. The average molecular weight is 274 g/mol. The summed E-state index contributed by atoms with van der Waals surface area (Å²) in [6.45, 7) is 3.97. The molecule has 2 rings (SSSR count). The van der Waals surface area contributed by atoms with Crippen molar-refractivity contribution in [3.63, 3.8) is 0 Å². The normalized spacial score (nSPS) is 12.6. The number of aromatic carboxylic acids is 1. The summed E-state index contributed by atoms with van der Waals surface area (Å²) in [6.07, 6.45) is 0. The zero-order valence-corrected chi connectivity index (χ0v) is 11.5. The number of pyridine rings is 1. The third-order valence-electron chi connectivity index (χ3n) is 3.28. The van der Waals surface area contributed by atoms with Crippen molar-refractivity contribution in [1.82, 2.24) is 4.98 Å². The molecule has 0 saturated heterocycles. The minimum Gasteiger partial charge on any atom is -0.477 e. The number of nitrogens with one attached hydrogen (secondary N) is 1. The van der Waals surface area contributed by atoms with Gasteiger partial charge in [0.2, 0.25) is 0 Å². The number of carboxylic acids is 1. The Morgan fingerprint density at radius 1 is 1.35 bits per heavy atom. The van der Waals surface area contributed by atoms with Gasteiger partial charge in [-0.05, 0) is 18.1 Å². The lowest BCUT2D eigenvalue weighted by molar-refractivity contribution is 0.0691. The standard InChI is InChI=1S/C15H18N2O3/c1-9(2)14(8-18)17-12-7-13(15(19)20)16-11-6-4-3-5-10(11)12/h3-7,9,14,18H,8H2,1-2H3,(H,16,17)(H,19,20). The molecule has 0 aliphatic rings. The lowest BCUT2D eigenvalue weighted by atomic mass is 10.0. The van der Waals surface area contributed by atoms with Crippen LogP contribution >= 0.6 is 0 Å². The van der Waals surface area contributed by atoms with Crippen LogP contribution in [0, 0.1) is 5.92 Å². The van der Waals surface area contributed by atoms with Crippen molar-refractivity contribution in [2.24, 2.45) is 5.92 Å². The SMILES string of the molecule is CC(C)C(CO)Nc1cc(C(=O)O)nc2ccccc12. The zero-order chi connectivity index (χ0) is 14.7. The third-order valence-corrected chi connectivity index (χ3v) is 3.28. The maximum Gasteiger partial charge on any atom is 0.354 e. The fourth-order valence-corrected chi connectivity index (χ4v) is 2.03. The van der Waals surface area contributed by atoms with Gasteiger partial charge in [-0.2, -0.15) is 0 Å². The Labute approximate surface area is 117 Å². The molecule has 0 spiro atoms. The predicted octanol–water partition coefficient (Wildman–Crippen LogP) is 2.36. The number of anilines is 1. The van der Waals surface area contributed by atoms with Gasteiger partial charge in [-0.3, -0.25) is 0 Å². The maximum absolute atomic E-state index is 11.1. The van der Waals surface area contributed by atoms with Crippen LogP contribution in [0.1, 0.15) is 24.3 Å². The van der Waals surface area contributed by atoms with Crippen LogP contribution in [-0.2, 0) is 0 Å². The molecule has 1 heterocycles. The summed E-state index contributed by atoms with van der Waals surface area (Å²) in [4.78, 5) is 15.3. The van der Waals surface area contributed by atoms with Crippen LogP contribution in [0.2, 0.25) is 0 Å². The molecule has 0 bridgehead atoms. The molecule has 1 aromatic heterocycles. The topological polar surface area (TPSA) is 82.5 Å². The molecule has 1 atom stereocenters. The third kappa shape index (κ3) is 2.88. The first-order valence-electron chi connectivity index (χ1n) is 6.53. The van der Waals surface area contributed by atoms with Crippen LogP contribution < -0.4 is 5.32 Å². The van der Waals surface area contributed by atoms with Crippen LogP contribution in [0.15, 0.2) is 30.3 Å². The van der Waals surface area contributed by atoms with Gasteiger partial charge in [-0.25, -0.2) is 9.78 Å². The highest BCUT2D eigenvalue weighted by atomic mass is 16.4. The quantitative estimate of drug-likeness (QED) is 0.779. The van der Waals surface area contributed by atoms with Gasteiger partial charge in [0.25, 0.3) is 0 Å². The van der Waals surface area contributed by atoms with Crippen LogP contribution in [-0.4, -0.2) is 33.8 Å². The molecule has 2 aromatic rings. The molecule has 0 saturated carbocycles. The van der Waals surface area contributed by atoms with Gasteiger partial charge >= 0.3 is 5.97 Å². The second-order valence-electron chi connectivity index (χ2n) is 5.05. The Morgan fingerprint density at radius 3 is 2.65 bits per heavy atom. The Morgan fingerprint density at radius 2 is 2.05 bits per heavy atom. The van der Waals surface area contributed by atoms with Gasteiger partial charge in [0, 0.05) is 11.1 Å². The number of benzene rings is 1. The first kappa shape index (κ1) is 14.3. The molecule has 5 nitrogen and oxygen atoms in total. The minimum atomic E-state index is -1.07. The first-order valence-corrected chi connectivity index (χ1v) is 6.53. The average Bonchev–Trinajstić information content (AvgIpc) is 2.43. The highest BCUT2D eigenvalue weighted by Gasteiger charge is 2.16. The summed E-state index contributed by atoms with van der Waals surface area (Å²) in [5.74, 6) is -0.843. The molecule has 106 valence electrons. The van der Waals surface area contributed by atoms with Crippen molar-refractivity contribution in [3.05, 3.63) is 36.0 Å². The number of nitrogens with zero attached hydrogens (tertiary/aromatic N) is 1. The lowest BCUT2D eigenvalue weighted by Gasteiger charge is -2.22. The number of hydrogen-bond donors (Lipinski definition) is 3. The van der Waals surface area contributed by atoms with E-state index in [0.717, 1.165) is 5.39 Å². The Balaban J connectivity index is 2.52. The smallest absolute Gasteiger partial charge is 0.354 e. The Kier molecular flexibility index (Phi) is 4.20. The molecule has 0 aliphatic heterocycles. The Bertz CT molecular complexity index is 626. The van der Waals surface area contributed by atoms with Gasteiger partial charge in [-0.15, -0.1) is 0 Å². The molecular weight excluding hydrogens is 256 g/mol. The first-order chi connectivity index (χ1) is 9.52. The molecule has 1 aromatic carbocycles. The number of aromatic nitrogens is 1. The molecule has 0 amide bonds. The number of carboxylic acid groups (broad SMARTS) is 1. The lowest BCUT2D eigenvalue weighted by Crippen LogP contribution is -2.29. The van der Waals surface area contributed by atoms with Crippen LogP contribution in [0.5, 0.6) is 0 Å². The van der Waals surface area contributed by atoms with Gasteiger partial charge in [-0.1, -0.05) is 32.0 Å². The molecule has 0 radical (unpaired) electrons. The summed E-state index contributed by atoms with van der Waals surface area (Å²) in [7, 11) is 0. The number of aliphatic hydroxyl groups is 1. The summed E-state index contributed by atoms with van der Waals surface area (Å²) in [5.41, 5.74) is 1.29. The van der Waals surface area contributed by atoms with E-state index in [4.69, 9.17) is 5.11 Å². The summed E-state index contributed by atoms with van der Waals surface area (Å²) in [6, 6.07) is 8.72. The molecule has 5 heteroatoms. The molecule has 0 aliphatic carbocycles. The van der Waals surface area contributed by atoms with Crippen LogP contribution in [0.25, 0.3) is 10.9 Å². The van der Waals surface area contributed by atoms with E-state index in [2.05, 4.69) is 10.3 Å². The summed E-state index contributed by atoms with van der Waals surface area (Å²) in [5, 5.41) is 22.6. The molecule has 1 unspecified atom stereocenters. The highest BCUT2D eigenvalue weighted by molar-refractivity contribution is 5.97. The number of fused-ring (bicyclic) bond motifs is 1. The highest BCUT2D eigenvalue weighted by Crippen LogP contribution is 2.25. The number of rotatable bonds is 5. The predicted molar refractivity (Wildman–Crippen MR) is 78.0 cm³/mol. The van der Waals surface area contributed by atoms with Gasteiger partial charge in [0.1, 0.15) is 0 Å². The minimum absolute atomic E-state index is 0.00774. The van der Waals surface area contributed by atoms with E-state index in [1.165, 1.54) is 6.07 Å². The number of carbonyl (C=O) groups is 1. The van der Waals surface area contributed by atoms with E-state index >= 15 is 0 Å². The van der Waals surface area contributed by atoms with Crippen molar-refractivity contribution >= 4 is 22.6 Å². The monoisotopic (exact) mass is 274 g/mol. The van der Waals surface area contributed by atoms with Gasteiger partial charge in [0.05, 0.1) is 18.2 Å². The largest absolute Gasteiger partial charge is 0.477 e. The molecular formula is C15H18N2O3. The van der Waals surface area contributed by atoms with Crippen molar-refractivity contribution in [2.75, 3.05) is 11.9 Å².